The minimum atomic E-state index is -0.531. The average Bonchev–Trinajstić information content (AvgIpc) is 2.98. The van der Waals surface area contributed by atoms with Crippen molar-refractivity contribution in [3.8, 4) is 5.69 Å². The number of hydrogen-bond acceptors (Lipinski definition) is 4. The minimum absolute atomic E-state index is 0.0335. The fraction of sp³-hybridized carbons (Fsp3) is 0.375. The van der Waals surface area contributed by atoms with E-state index in [2.05, 4.69) is 10.3 Å². The molecule has 132 valence electrons. The van der Waals surface area contributed by atoms with Crippen molar-refractivity contribution in [1.82, 2.24) is 19.9 Å². The number of benzene rings is 1. The number of piperidine rings is 1. The third-order valence-electron chi connectivity index (χ3n) is 4.43. The maximum Gasteiger partial charge on any atom is 0.276 e. The monoisotopic (exact) mass is 365 g/mol. The van der Waals surface area contributed by atoms with Gasteiger partial charge in [0.05, 0.1) is 16.4 Å². The van der Waals surface area contributed by atoms with Crippen LogP contribution in [0.5, 0.6) is 0 Å². The number of carbonyl (C=O) groups excluding carboxylic acids is 2. The lowest BCUT2D eigenvalue weighted by Gasteiger charge is -2.30. The van der Waals surface area contributed by atoms with E-state index in [4.69, 9.17) is 17.3 Å². The molecule has 0 spiro atoms. The van der Waals surface area contributed by atoms with Gasteiger partial charge in [-0.25, -0.2) is 9.07 Å². The molecule has 2 heterocycles. The van der Waals surface area contributed by atoms with Crippen LogP contribution in [0.4, 0.5) is 4.39 Å². The molecule has 0 unspecified atom stereocenters. The van der Waals surface area contributed by atoms with Crippen LogP contribution in [0, 0.1) is 18.7 Å². The molecule has 1 aliphatic rings. The van der Waals surface area contributed by atoms with Gasteiger partial charge in [-0.3, -0.25) is 9.59 Å². The highest BCUT2D eigenvalue weighted by Gasteiger charge is 2.29. The smallest absolute Gasteiger partial charge is 0.276 e. The highest BCUT2D eigenvalue weighted by Crippen LogP contribution is 2.22. The third kappa shape index (κ3) is 3.34. The van der Waals surface area contributed by atoms with Crippen LogP contribution in [0.3, 0.4) is 0 Å². The van der Waals surface area contributed by atoms with Gasteiger partial charge in [-0.2, -0.15) is 0 Å². The zero-order chi connectivity index (χ0) is 18.1. The number of carbonyl (C=O) groups is 2. The van der Waals surface area contributed by atoms with Gasteiger partial charge in [-0.1, -0.05) is 16.8 Å². The molecule has 0 bridgehead atoms. The summed E-state index contributed by atoms with van der Waals surface area (Å²) >= 11 is 5.80. The second-order valence-electron chi connectivity index (χ2n) is 6.00. The number of primary amides is 1. The largest absolute Gasteiger partial charge is 0.369 e. The molecule has 2 aromatic rings. The first-order valence-corrected chi connectivity index (χ1v) is 8.22. The standard InChI is InChI=1S/C16H17ClFN5O2/c1-9-14(16(25)22-6-4-10(5-7-22)15(19)24)20-21-23(9)11-2-3-13(18)12(17)8-11/h2-3,8,10H,4-7H2,1H3,(H2,19,24). The molecule has 3 rings (SSSR count). The molecule has 0 radical (unpaired) electrons. The Morgan fingerprint density at radius 2 is 2.00 bits per heavy atom. The van der Waals surface area contributed by atoms with E-state index >= 15 is 0 Å². The van der Waals surface area contributed by atoms with E-state index < -0.39 is 5.82 Å². The Balaban J connectivity index is 1.80. The molecular weight excluding hydrogens is 349 g/mol. The number of nitrogens with zero attached hydrogens (tertiary/aromatic N) is 4. The number of rotatable bonds is 3. The van der Waals surface area contributed by atoms with Crippen LogP contribution in [-0.2, 0) is 4.79 Å². The van der Waals surface area contributed by atoms with E-state index in [1.54, 1.807) is 11.8 Å². The Labute approximate surface area is 148 Å². The fourth-order valence-corrected chi connectivity index (χ4v) is 3.08. The molecule has 9 heteroatoms. The summed E-state index contributed by atoms with van der Waals surface area (Å²) in [5.41, 5.74) is 6.58. The lowest BCUT2D eigenvalue weighted by Crippen LogP contribution is -2.42. The topological polar surface area (TPSA) is 94.1 Å². The maximum atomic E-state index is 13.3. The first-order valence-electron chi connectivity index (χ1n) is 7.84. The fourth-order valence-electron chi connectivity index (χ4n) is 2.91. The van der Waals surface area contributed by atoms with Crippen molar-refractivity contribution in [3.05, 3.63) is 40.4 Å². The van der Waals surface area contributed by atoms with Crippen LogP contribution in [0.25, 0.3) is 5.69 Å². The molecule has 1 saturated heterocycles. The van der Waals surface area contributed by atoms with Crippen molar-refractivity contribution < 1.29 is 14.0 Å². The summed E-state index contributed by atoms with van der Waals surface area (Å²) in [4.78, 5) is 25.5. The van der Waals surface area contributed by atoms with Crippen molar-refractivity contribution in [2.24, 2.45) is 11.7 Å². The van der Waals surface area contributed by atoms with Gasteiger partial charge in [0.15, 0.2) is 5.69 Å². The molecule has 0 aliphatic carbocycles. The van der Waals surface area contributed by atoms with Gasteiger partial charge in [0.2, 0.25) is 5.91 Å². The minimum Gasteiger partial charge on any atom is -0.369 e. The Morgan fingerprint density at radius 3 is 2.60 bits per heavy atom. The van der Waals surface area contributed by atoms with E-state index in [-0.39, 0.29) is 28.4 Å². The van der Waals surface area contributed by atoms with Gasteiger partial charge in [0.1, 0.15) is 5.82 Å². The number of nitrogens with two attached hydrogens (primary N) is 1. The molecule has 0 saturated carbocycles. The lowest BCUT2D eigenvalue weighted by molar-refractivity contribution is -0.123. The summed E-state index contributed by atoms with van der Waals surface area (Å²) in [6.07, 6.45) is 1.09. The van der Waals surface area contributed by atoms with Crippen molar-refractivity contribution in [2.45, 2.75) is 19.8 Å². The van der Waals surface area contributed by atoms with Gasteiger partial charge in [-0.05, 0) is 38.0 Å². The maximum absolute atomic E-state index is 13.3. The quantitative estimate of drug-likeness (QED) is 0.895. The van der Waals surface area contributed by atoms with Gasteiger partial charge in [0, 0.05) is 19.0 Å². The van der Waals surface area contributed by atoms with Crippen LogP contribution in [0.2, 0.25) is 5.02 Å². The number of hydrogen-bond donors (Lipinski definition) is 1. The predicted octanol–water partition coefficient (Wildman–Crippen LogP) is 1.71. The van der Waals surface area contributed by atoms with Gasteiger partial charge >= 0.3 is 0 Å². The van der Waals surface area contributed by atoms with Crippen LogP contribution < -0.4 is 5.73 Å². The van der Waals surface area contributed by atoms with Crippen LogP contribution in [0.1, 0.15) is 29.0 Å². The summed E-state index contributed by atoms with van der Waals surface area (Å²) in [7, 11) is 0. The second-order valence-corrected chi connectivity index (χ2v) is 6.41. The second kappa shape index (κ2) is 6.79. The van der Waals surface area contributed by atoms with Gasteiger partial charge in [-0.15, -0.1) is 5.10 Å². The van der Waals surface area contributed by atoms with Gasteiger partial charge in [0.25, 0.3) is 5.91 Å². The highest BCUT2D eigenvalue weighted by molar-refractivity contribution is 6.30. The van der Waals surface area contributed by atoms with Crippen molar-refractivity contribution >= 4 is 23.4 Å². The highest BCUT2D eigenvalue weighted by atomic mass is 35.5. The molecule has 2 amide bonds. The third-order valence-corrected chi connectivity index (χ3v) is 4.72. The molecule has 7 nitrogen and oxygen atoms in total. The molecule has 1 aromatic carbocycles. The van der Waals surface area contributed by atoms with E-state index in [1.165, 1.54) is 22.9 Å². The number of aromatic nitrogens is 3. The Kier molecular flexibility index (Phi) is 4.71. The zero-order valence-electron chi connectivity index (χ0n) is 13.6. The zero-order valence-corrected chi connectivity index (χ0v) is 14.3. The molecule has 25 heavy (non-hydrogen) atoms. The molecule has 1 aliphatic heterocycles. The SMILES string of the molecule is Cc1c(C(=O)N2CCC(C(N)=O)CC2)nnn1-c1ccc(F)c(Cl)c1. The van der Waals surface area contributed by atoms with E-state index in [0.717, 1.165) is 0 Å². The van der Waals surface area contributed by atoms with Crippen LogP contribution >= 0.6 is 11.6 Å². The van der Waals surface area contributed by atoms with Crippen LogP contribution in [0.15, 0.2) is 18.2 Å². The summed E-state index contributed by atoms with van der Waals surface area (Å²) in [6, 6.07) is 4.16. The summed E-state index contributed by atoms with van der Waals surface area (Å²) < 4.78 is 14.7. The molecule has 0 atom stereocenters. The molecule has 2 N–H and O–H groups in total. The average molecular weight is 366 g/mol. The lowest BCUT2D eigenvalue weighted by atomic mass is 9.96. The molecular formula is C16H17ClFN5O2. The summed E-state index contributed by atoms with van der Waals surface area (Å²) in [5, 5.41) is 7.91. The number of amides is 2. The van der Waals surface area contributed by atoms with Crippen molar-refractivity contribution in [1.29, 1.82) is 0 Å². The predicted molar refractivity (Wildman–Crippen MR) is 88.9 cm³/mol. The first kappa shape index (κ1) is 17.3. The number of halogens is 2. The Bertz CT molecular complexity index is 830. The van der Waals surface area contributed by atoms with E-state index in [0.29, 0.717) is 37.3 Å². The van der Waals surface area contributed by atoms with Crippen molar-refractivity contribution in [3.63, 3.8) is 0 Å². The normalized spacial score (nSPS) is 15.4. The molecule has 1 fully saturated rings. The number of likely N-dealkylation sites (tertiary alicyclic amines) is 1. The summed E-state index contributed by atoms with van der Waals surface area (Å²) in [5.74, 6) is -1.30. The van der Waals surface area contributed by atoms with E-state index in [9.17, 15) is 14.0 Å². The first-order chi connectivity index (χ1) is 11.9. The summed E-state index contributed by atoms with van der Waals surface area (Å²) in [6.45, 7) is 2.60. The molecule has 1 aromatic heterocycles. The Hall–Kier alpha value is -2.48. The van der Waals surface area contributed by atoms with Crippen molar-refractivity contribution in [2.75, 3.05) is 13.1 Å². The van der Waals surface area contributed by atoms with Gasteiger partial charge < -0.3 is 10.6 Å². The van der Waals surface area contributed by atoms with Crippen LogP contribution in [-0.4, -0.2) is 44.8 Å². The Morgan fingerprint density at radius 1 is 1.32 bits per heavy atom. The van der Waals surface area contributed by atoms with E-state index in [1.807, 2.05) is 0 Å².